The number of hydrogen-bond acceptors (Lipinski definition) is 3. The summed E-state index contributed by atoms with van der Waals surface area (Å²) in [5, 5.41) is 8.70. The van der Waals surface area contributed by atoms with Gasteiger partial charge in [-0.15, -0.1) is 5.10 Å². The smallest absolute Gasteiger partial charge is 0.113 e. The van der Waals surface area contributed by atoms with Crippen molar-refractivity contribution in [3.8, 4) is 0 Å². The molecule has 1 saturated heterocycles. The summed E-state index contributed by atoms with van der Waals surface area (Å²) in [6, 6.07) is 19.6. The fourth-order valence-corrected chi connectivity index (χ4v) is 3.85. The van der Waals surface area contributed by atoms with Crippen LogP contribution in [0, 0.1) is 0 Å². The molecule has 4 rings (SSSR count). The Balaban J connectivity index is 1.23. The van der Waals surface area contributed by atoms with E-state index in [9.17, 15) is 0 Å². The van der Waals surface area contributed by atoms with E-state index in [2.05, 4.69) is 62.4 Å². The van der Waals surface area contributed by atoms with E-state index >= 15 is 0 Å². The molecule has 3 aromatic rings. The summed E-state index contributed by atoms with van der Waals surface area (Å²) >= 11 is 0. The van der Waals surface area contributed by atoms with Gasteiger partial charge in [-0.25, -0.2) is 4.68 Å². The van der Waals surface area contributed by atoms with E-state index in [4.69, 9.17) is 0 Å². The maximum Gasteiger partial charge on any atom is 0.113 e. The molecule has 1 aromatic heterocycles. The van der Waals surface area contributed by atoms with Crippen molar-refractivity contribution in [3.05, 3.63) is 60.2 Å². The number of nitrogens with zero attached hydrogens (tertiary/aromatic N) is 4. The van der Waals surface area contributed by atoms with E-state index in [0.717, 1.165) is 5.52 Å². The minimum atomic E-state index is 0.493. The van der Waals surface area contributed by atoms with Crippen LogP contribution in [0.5, 0.6) is 0 Å². The van der Waals surface area contributed by atoms with Crippen LogP contribution in [0.1, 0.15) is 37.3 Å². The Bertz CT molecular complexity index is 788. The minimum Gasteiger partial charge on any atom is -0.303 e. The Labute approximate surface area is 149 Å². The summed E-state index contributed by atoms with van der Waals surface area (Å²) < 4.78 is 2.14. The summed E-state index contributed by atoms with van der Waals surface area (Å²) in [5.74, 6) is 0. The van der Waals surface area contributed by atoms with Crippen molar-refractivity contribution in [2.24, 2.45) is 0 Å². The SMILES string of the molecule is c1ccc(CCCCN2CCC(n3nnc4ccccc43)CC2)cc1. The van der Waals surface area contributed by atoms with Gasteiger partial charge in [-0.1, -0.05) is 47.7 Å². The maximum absolute atomic E-state index is 4.40. The molecule has 2 heterocycles. The van der Waals surface area contributed by atoms with Gasteiger partial charge in [-0.05, 0) is 56.3 Å². The van der Waals surface area contributed by atoms with E-state index in [1.54, 1.807) is 0 Å². The van der Waals surface area contributed by atoms with Crippen LogP contribution in [0.4, 0.5) is 0 Å². The first kappa shape index (κ1) is 16.3. The number of likely N-dealkylation sites (tertiary alicyclic amines) is 1. The first-order chi connectivity index (χ1) is 12.4. The molecule has 1 fully saturated rings. The van der Waals surface area contributed by atoms with E-state index < -0.39 is 0 Å². The van der Waals surface area contributed by atoms with Gasteiger partial charge in [0.1, 0.15) is 5.52 Å². The van der Waals surface area contributed by atoms with Crippen LogP contribution in [0.2, 0.25) is 0 Å². The number of unbranched alkanes of at least 4 members (excludes halogenated alkanes) is 1. The molecule has 0 bridgehead atoms. The number of aryl methyl sites for hydroxylation is 1. The highest BCUT2D eigenvalue weighted by Gasteiger charge is 2.22. The van der Waals surface area contributed by atoms with Gasteiger partial charge in [0.25, 0.3) is 0 Å². The van der Waals surface area contributed by atoms with Crippen molar-refractivity contribution in [1.29, 1.82) is 0 Å². The zero-order valence-corrected chi connectivity index (χ0v) is 14.7. The highest BCUT2D eigenvalue weighted by molar-refractivity contribution is 5.73. The van der Waals surface area contributed by atoms with Crippen LogP contribution < -0.4 is 0 Å². The molecule has 0 spiro atoms. The topological polar surface area (TPSA) is 34.0 Å². The lowest BCUT2D eigenvalue weighted by molar-refractivity contribution is 0.178. The summed E-state index contributed by atoms with van der Waals surface area (Å²) in [4.78, 5) is 2.61. The molecular formula is C21H26N4. The van der Waals surface area contributed by atoms with E-state index in [0.29, 0.717) is 6.04 Å². The third kappa shape index (κ3) is 3.90. The molecule has 1 aliphatic rings. The summed E-state index contributed by atoms with van der Waals surface area (Å²) in [6.45, 7) is 3.56. The molecule has 0 unspecified atom stereocenters. The van der Waals surface area contributed by atoms with Gasteiger partial charge in [0.2, 0.25) is 0 Å². The number of hydrogen-bond donors (Lipinski definition) is 0. The Kier molecular flexibility index (Phi) is 5.07. The van der Waals surface area contributed by atoms with Crippen molar-refractivity contribution >= 4 is 11.0 Å². The maximum atomic E-state index is 4.40. The molecule has 0 N–H and O–H groups in total. The average Bonchev–Trinajstić information content (AvgIpc) is 3.11. The fraction of sp³-hybridized carbons (Fsp3) is 0.429. The molecule has 25 heavy (non-hydrogen) atoms. The van der Waals surface area contributed by atoms with Crippen LogP contribution in [-0.2, 0) is 6.42 Å². The van der Waals surface area contributed by atoms with Crippen molar-refractivity contribution in [2.75, 3.05) is 19.6 Å². The van der Waals surface area contributed by atoms with Crippen molar-refractivity contribution in [3.63, 3.8) is 0 Å². The van der Waals surface area contributed by atoms with Crippen LogP contribution in [0.3, 0.4) is 0 Å². The van der Waals surface area contributed by atoms with Crippen molar-refractivity contribution in [1.82, 2.24) is 19.9 Å². The lowest BCUT2D eigenvalue weighted by Gasteiger charge is -2.32. The van der Waals surface area contributed by atoms with Crippen molar-refractivity contribution in [2.45, 2.75) is 38.1 Å². The van der Waals surface area contributed by atoms with Gasteiger partial charge in [-0.3, -0.25) is 0 Å². The third-order valence-electron chi connectivity index (χ3n) is 5.31. The number of piperidine rings is 1. The monoisotopic (exact) mass is 334 g/mol. The first-order valence-electron chi connectivity index (χ1n) is 9.46. The number of aromatic nitrogens is 3. The lowest BCUT2D eigenvalue weighted by Crippen LogP contribution is -2.35. The van der Waals surface area contributed by atoms with Gasteiger partial charge in [0.05, 0.1) is 11.6 Å². The molecule has 0 atom stereocenters. The Morgan fingerprint density at radius 3 is 2.48 bits per heavy atom. The third-order valence-corrected chi connectivity index (χ3v) is 5.31. The second-order valence-electron chi connectivity index (χ2n) is 7.04. The zero-order chi connectivity index (χ0) is 16.9. The van der Waals surface area contributed by atoms with Gasteiger partial charge < -0.3 is 4.90 Å². The summed E-state index contributed by atoms with van der Waals surface area (Å²) in [6.07, 6.45) is 6.10. The predicted molar refractivity (Wildman–Crippen MR) is 102 cm³/mol. The molecule has 0 radical (unpaired) electrons. The fourth-order valence-electron chi connectivity index (χ4n) is 3.85. The molecule has 0 aliphatic carbocycles. The van der Waals surface area contributed by atoms with Gasteiger partial charge in [0.15, 0.2) is 0 Å². The molecule has 0 amide bonds. The van der Waals surface area contributed by atoms with Gasteiger partial charge in [-0.2, -0.15) is 0 Å². The van der Waals surface area contributed by atoms with Crippen LogP contribution in [-0.4, -0.2) is 39.5 Å². The predicted octanol–water partition coefficient (Wildman–Crippen LogP) is 4.09. The number of benzene rings is 2. The van der Waals surface area contributed by atoms with E-state index in [1.165, 1.54) is 62.8 Å². The Hall–Kier alpha value is -2.20. The Morgan fingerprint density at radius 1 is 0.880 bits per heavy atom. The molecule has 4 heteroatoms. The second kappa shape index (κ2) is 7.79. The zero-order valence-electron chi connectivity index (χ0n) is 14.7. The van der Waals surface area contributed by atoms with Crippen LogP contribution in [0.25, 0.3) is 11.0 Å². The van der Waals surface area contributed by atoms with Gasteiger partial charge >= 0.3 is 0 Å². The number of fused-ring (bicyclic) bond motifs is 1. The van der Waals surface area contributed by atoms with E-state index in [1.807, 2.05) is 12.1 Å². The molecule has 1 aliphatic heterocycles. The van der Waals surface area contributed by atoms with Crippen LogP contribution in [0.15, 0.2) is 54.6 Å². The molecular weight excluding hydrogens is 308 g/mol. The molecule has 4 nitrogen and oxygen atoms in total. The standard InChI is InChI=1S/C21H26N4/c1-2-8-18(9-3-1)10-6-7-15-24-16-13-19(14-17-24)25-21-12-5-4-11-20(21)22-23-25/h1-5,8-9,11-12,19H,6-7,10,13-17H2. The minimum absolute atomic E-state index is 0.493. The molecule has 2 aromatic carbocycles. The highest BCUT2D eigenvalue weighted by atomic mass is 15.4. The quantitative estimate of drug-likeness (QED) is 0.637. The van der Waals surface area contributed by atoms with Crippen LogP contribution >= 0.6 is 0 Å². The lowest BCUT2D eigenvalue weighted by atomic mass is 10.0. The number of rotatable bonds is 6. The second-order valence-corrected chi connectivity index (χ2v) is 7.04. The summed E-state index contributed by atoms with van der Waals surface area (Å²) in [5.41, 5.74) is 3.63. The normalized spacial score (nSPS) is 16.5. The Morgan fingerprint density at radius 2 is 1.64 bits per heavy atom. The molecule has 130 valence electrons. The highest BCUT2D eigenvalue weighted by Crippen LogP contribution is 2.25. The van der Waals surface area contributed by atoms with Gasteiger partial charge in [0, 0.05) is 13.1 Å². The largest absolute Gasteiger partial charge is 0.303 e. The van der Waals surface area contributed by atoms with Crippen molar-refractivity contribution < 1.29 is 0 Å². The average molecular weight is 334 g/mol. The first-order valence-corrected chi connectivity index (χ1v) is 9.46. The number of para-hydroxylation sites is 1. The summed E-state index contributed by atoms with van der Waals surface area (Å²) in [7, 11) is 0. The van der Waals surface area contributed by atoms with E-state index in [-0.39, 0.29) is 0 Å². The molecule has 0 saturated carbocycles.